The van der Waals surface area contributed by atoms with E-state index in [1.54, 1.807) is 26.4 Å². The van der Waals surface area contributed by atoms with Crippen molar-refractivity contribution in [2.45, 2.75) is 32.3 Å². The molecular weight excluding hydrogens is 408 g/mol. The Morgan fingerprint density at radius 2 is 1.53 bits per heavy atom. The second kappa shape index (κ2) is 11.1. The highest BCUT2D eigenvalue weighted by Gasteiger charge is 2.23. The Morgan fingerprint density at radius 3 is 2.12 bits per heavy atom. The van der Waals surface area contributed by atoms with Crippen molar-refractivity contribution in [2.24, 2.45) is 0 Å². The van der Waals surface area contributed by atoms with Crippen LogP contribution in [-0.2, 0) is 11.4 Å². The number of para-hydroxylation sites is 1. The van der Waals surface area contributed by atoms with E-state index < -0.39 is 5.97 Å². The first-order valence-electron chi connectivity index (χ1n) is 10.5. The number of carbonyl (C=O) groups is 1. The molecule has 0 aliphatic rings. The lowest BCUT2D eigenvalue weighted by Gasteiger charge is -2.21. The normalized spacial score (nSPS) is 11.5. The molecule has 0 aliphatic heterocycles. The number of carboxylic acid groups (broad SMARTS) is 1. The summed E-state index contributed by atoms with van der Waals surface area (Å²) in [5, 5.41) is 9.27. The summed E-state index contributed by atoms with van der Waals surface area (Å²) in [7, 11) is 3.11. The lowest BCUT2D eigenvalue weighted by molar-refractivity contribution is -0.137. The van der Waals surface area contributed by atoms with Crippen LogP contribution in [0.2, 0.25) is 0 Å². The number of rotatable bonds is 11. The number of benzene rings is 3. The molecule has 1 atom stereocenters. The minimum Gasteiger partial charge on any atom is -0.496 e. The van der Waals surface area contributed by atoms with Crippen molar-refractivity contribution in [3.63, 3.8) is 0 Å². The number of carboxylic acids is 1. The first kappa shape index (κ1) is 23.0. The van der Waals surface area contributed by atoms with E-state index >= 15 is 0 Å². The average Bonchev–Trinajstić information content (AvgIpc) is 2.81. The van der Waals surface area contributed by atoms with Gasteiger partial charge in [-0.05, 0) is 36.2 Å². The van der Waals surface area contributed by atoms with Gasteiger partial charge in [-0.1, -0.05) is 37.3 Å². The summed E-state index contributed by atoms with van der Waals surface area (Å²) in [6.07, 6.45) is 0.644. The van der Waals surface area contributed by atoms with E-state index in [4.69, 9.17) is 18.9 Å². The maximum Gasteiger partial charge on any atom is 0.303 e. The molecule has 0 radical (unpaired) electrons. The molecule has 0 saturated carbocycles. The molecule has 0 amide bonds. The molecule has 0 saturated heterocycles. The van der Waals surface area contributed by atoms with E-state index in [9.17, 15) is 9.90 Å². The fourth-order valence-electron chi connectivity index (χ4n) is 3.55. The van der Waals surface area contributed by atoms with Gasteiger partial charge in [-0.15, -0.1) is 0 Å². The Labute approximate surface area is 188 Å². The van der Waals surface area contributed by atoms with Crippen LogP contribution in [0.3, 0.4) is 0 Å². The second-order valence-electron chi connectivity index (χ2n) is 7.30. The number of aliphatic carboxylic acids is 1. The van der Waals surface area contributed by atoms with Crippen LogP contribution < -0.4 is 18.9 Å². The lowest BCUT2D eigenvalue weighted by atomic mass is 9.91. The maximum atomic E-state index is 11.3. The first-order chi connectivity index (χ1) is 15.5. The summed E-state index contributed by atoms with van der Waals surface area (Å²) >= 11 is 0. The van der Waals surface area contributed by atoms with Gasteiger partial charge in [0.2, 0.25) is 0 Å². The molecule has 32 heavy (non-hydrogen) atoms. The van der Waals surface area contributed by atoms with Crippen molar-refractivity contribution < 1.29 is 28.8 Å². The molecule has 3 rings (SSSR count). The zero-order valence-corrected chi connectivity index (χ0v) is 18.5. The van der Waals surface area contributed by atoms with E-state index in [-0.39, 0.29) is 12.3 Å². The summed E-state index contributed by atoms with van der Waals surface area (Å²) in [6.45, 7) is 2.27. The Kier molecular flexibility index (Phi) is 7.97. The maximum absolute atomic E-state index is 11.3. The Hall–Kier alpha value is -3.67. The fraction of sp³-hybridized carbons (Fsp3) is 0.269. The standard InChI is InChI=1S/C26H28O6/c1-4-19(14-25(27)28)26-23(29-2)15-22(16-24(26)30-3)31-17-18-9-8-12-21(13-18)32-20-10-6-5-7-11-20/h5-13,15-16,19H,4,14,17H2,1-3H3,(H,27,28). The Morgan fingerprint density at radius 1 is 0.875 bits per heavy atom. The molecule has 0 bridgehead atoms. The van der Waals surface area contributed by atoms with Gasteiger partial charge in [0, 0.05) is 23.6 Å². The van der Waals surface area contributed by atoms with Crippen LogP contribution in [0.5, 0.6) is 28.7 Å². The Bertz CT molecular complexity index is 1010. The van der Waals surface area contributed by atoms with Crippen molar-refractivity contribution in [3.8, 4) is 28.7 Å². The van der Waals surface area contributed by atoms with Gasteiger partial charge in [0.1, 0.15) is 35.4 Å². The van der Waals surface area contributed by atoms with Gasteiger partial charge in [0.05, 0.1) is 20.6 Å². The molecule has 0 fully saturated rings. The predicted octanol–water partition coefficient (Wildman–Crippen LogP) is 6.04. The van der Waals surface area contributed by atoms with Crippen molar-refractivity contribution in [2.75, 3.05) is 14.2 Å². The molecule has 168 valence electrons. The quantitative estimate of drug-likeness (QED) is 0.395. The molecule has 0 aliphatic carbocycles. The number of hydrogen-bond donors (Lipinski definition) is 1. The molecule has 1 unspecified atom stereocenters. The highest BCUT2D eigenvalue weighted by molar-refractivity contribution is 5.69. The van der Waals surface area contributed by atoms with Gasteiger partial charge in [0.15, 0.2) is 0 Å². The highest BCUT2D eigenvalue weighted by Crippen LogP contribution is 2.42. The van der Waals surface area contributed by atoms with Gasteiger partial charge in [-0.25, -0.2) is 0 Å². The summed E-state index contributed by atoms with van der Waals surface area (Å²) in [5.74, 6) is 2.08. The van der Waals surface area contributed by atoms with Crippen LogP contribution >= 0.6 is 0 Å². The third kappa shape index (κ3) is 5.94. The second-order valence-corrected chi connectivity index (χ2v) is 7.30. The molecule has 1 N–H and O–H groups in total. The zero-order valence-electron chi connectivity index (χ0n) is 18.5. The molecule has 0 heterocycles. The monoisotopic (exact) mass is 436 g/mol. The SMILES string of the molecule is CCC(CC(=O)O)c1c(OC)cc(OCc2cccc(Oc3ccccc3)c2)cc1OC. The summed E-state index contributed by atoms with van der Waals surface area (Å²) < 4.78 is 23.0. The smallest absolute Gasteiger partial charge is 0.303 e. The molecule has 3 aromatic carbocycles. The Balaban J connectivity index is 1.78. The van der Waals surface area contributed by atoms with Crippen LogP contribution in [0.4, 0.5) is 0 Å². The molecule has 0 spiro atoms. The minimum absolute atomic E-state index is 0.00235. The van der Waals surface area contributed by atoms with Gasteiger partial charge in [0.25, 0.3) is 0 Å². The van der Waals surface area contributed by atoms with Gasteiger partial charge >= 0.3 is 5.97 Å². The van der Waals surface area contributed by atoms with Crippen molar-refractivity contribution >= 4 is 5.97 Å². The van der Waals surface area contributed by atoms with Crippen molar-refractivity contribution in [1.82, 2.24) is 0 Å². The van der Waals surface area contributed by atoms with E-state index in [2.05, 4.69) is 0 Å². The number of methoxy groups -OCH3 is 2. The molecular formula is C26H28O6. The largest absolute Gasteiger partial charge is 0.496 e. The van der Waals surface area contributed by atoms with E-state index in [0.717, 1.165) is 22.6 Å². The predicted molar refractivity (Wildman–Crippen MR) is 122 cm³/mol. The van der Waals surface area contributed by atoms with E-state index in [1.165, 1.54) is 0 Å². The summed E-state index contributed by atoms with van der Waals surface area (Å²) in [6, 6.07) is 20.8. The van der Waals surface area contributed by atoms with Gasteiger partial charge < -0.3 is 24.1 Å². The van der Waals surface area contributed by atoms with Crippen LogP contribution in [0.15, 0.2) is 66.7 Å². The van der Waals surface area contributed by atoms with Crippen LogP contribution in [0, 0.1) is 0 Å². The molecule has 6 heteroatoms. The van der Waals surface area contributed by atoms with Crippen molar-refractivity contribution in [3.05, 3.63) is 77.9 Å². The van der Waals surface area contributed by atoms with Crippen LogP contribution in [-0.4, -0.2) is 25.3 Å². The topological polar surface area (TPSA) is 74.2 Å². The summed E-state index contributed by atoms with van der Waals surface area (Å²) in [4.78, 5) is 11.3. The third-order valence-corrected chi connectivity index (χ3v) is 5.12. The summed E-state index contributed by atoms with van der Waals surface area (Å²) in [5.41, 5.74) is 1.68. The minimum atomic E-state index is -0.862. The fourth-order valence-corrected chi connectivity index (χ4v) is 3.55. The van der Waals surface area contributed by atoms with Gasteiger partial charge in [-0.2, -0.15) is 0 Å². The van der Waals surface area contributed by atoms with Crippen LogP contribution in [0.1, 0.15) is 36.8 Å². The zero-order chi connectivity index (χ0) is 22.9. The molecule has 3 aromatic rings. The van der Waals surface area contributed by atoms with Crippen molar-refractivity contribution in [1.29, 1.82) is 0 Å². The van der Waals surface area contributed by atoms with Crippen LogP contribution in [0.25, 0.3) is 0 Å². The number of ether oxygens (including phenoxy) is 4. The van der Waals surface area contributed by atoms with Gasteiger partial charge in [-0.3, -0.25) is 4.79 Å². The van der Waals surface area contributed by atoms with E-state index in [1.807, 2.05) is 61.5 Å². The molecule has 0 aromatic heterocycles. The first-order valence-corrected chi connectivity index (χ1v) is 10.5. The number of hydrogen-bond acceptors (Lipinski definition) is 5. The molecule has 6 nitrogen and oxygen atoms in total. The average molecular weight is 437 g/mol. The van der Waals surface area contributed by atoms with E-state index in [0.29, 0.717) is 30.3 Å². The highest BCUT2D eigenvalue weighted by atomic mass is 16.5. The lowest BCUT2D eigenvalue weighted by Crippen LogP contribution is -2.09. The third-order valence-electron chi connectivity index (χ3n) is 5.12.